The second kappa shape index (κ2) is 8.96. The van der Waals surface area contributed by atoms with E-state index in [1.165, 1.54) is 17.3 Å². The van der Waals surface area contributed by atoms with Crippen LogP contribution in [0.2, 0.25) is 0 Å². The molecule has 0 aliphatic carbocycles. The van der Waals surface area contributed by atoms with Crippen molar-refractivity contribution in [3.05, 3.63) is 65.9 Å². The summed E-state index contributed by atoms with van der Waals surface area (Å²) in [6.45, 7) is 4.81. The topological polar surface area (TPSA) is 88.0 Å². The summed E-state index contributed by atoms with van der Waals surface area (Å²) in [5.41, 5.74) is 6.74. The molecule has 0 bridgehead atoms. The quantitative estimate of drug-likeness (QED) is 0.270. The van der Waals surface area contributed by atoms with E-state index in [1.54, 1.807) is 6.21 Å². The van der Waals surface area contributed by atoms with Gasteiger partial charge in [-0.1, -0.05) is 59.8 Å². The molecule has 30 heavy (non-hydrogen) atoms. The first kappa shape index (κ1) is 19.9. The van der Waals surface area contributed by atoms with E-state index < -0.39 is 0 Å². The van der Waals surface area contributed by atoms with Crippen molar-refractivity contribution < 1.29 is 4.79 Å². The highest BCUT2D eigenvalue weighted by atomic mass is 32.2. The lowest BCUT2D eigenvalue weighted by Crippen LogP contribution is -2.20. The lowest BCUT2D eigenvalue weighted by Gasteiger charge is -2.07. The zero-order chi connectivity index (χ0) is 20.9. The molecule has 152 valence electrons. The van der Waals surface area contributed by atoms with Crippen LogP contribution in [0.4, 0.5) is 0 Å². The fourth-order valence-electron chi connectivity index (χ4n) is 3.13. The van der Waals surface area contributed by atoms with Crippen molar-refractivity contribution in [3.8, 4) is 11.4 Å². The van der Waals surface area contributed by atoms with Crippen molar-refractivity contribution in [1.29, 1.82) is 0 Å². The van der Waals surface area contributed by atoms with Crippen LogP contribution in [0.25, 0.3) is 22.3 Å². The maximum absolute atomic E-state index is 12.2. The molecule has 0 saturated carbocycles. The van der Waals surface area contributed by atoms with E-state index in [9.17, 15) is 4.79 Å². The molecule has 2 N–H and O–H groups in total. The maximum atomic E-state index is 12.2. The van der Waals surface area contributed by atoms with Gasteiger partial charge in [-0.3, -0.25) is 4.79 Å². The van der Waals surface area contributed by atoms with Crippen LogP contribution in [0, 0.1) is 6.92 Å². The van der Waals surface area contributed by atoms with Gasteiger partial charge in [0.2, 0.25) is 0 Å². The van der Waals surface area contributed by atoms with Gasteiger partial charge < -0.3 is 9.55 Å². The molecule has 2 aromatic heterocycles. The Morgan fingerprint density at radius 3 is 2.80 bits per heavy atom. The number of carbonyl (C=O) groups excluding carboxylic acids is 1. The number of H-pyrrole nitrogens is 1. The number of amides is 1. The molecule has 0 unspecified atom stereocenters. The van der Waals surface area contributed by atoms with Crippen LogP contribution in [0.1, 0.15) is 18.1 Å². The number of rotatable bonds is 7. The first-order valence-corrected chi connectivity index (χ1v) is 10.7. The van der Waals surface area contributed by atoms with Crippen LogP contribution in [-0.2, 0) is 11.3 Å². The van der Waals surface area contributed by atoms with Gasteiger partial charge >= 0.3 is 0 Å². The molecule has 0 aliphatic heterocycles. The number of hydrogen-bond acceptors (Lipinski definition) is 5. The number of aromatic amines is 1. The number of hydrazone groups is 1. The van der Waals surface area contributed by atoms with Gasteiger partial charge in [0.1, 0.15) is 0 Å². The van der Waals surface area contributed by atoms with E-state index in [2.05, 4.69) is 44.8 Å². The average Bonchev–Trinajstić information content (AvgIpc) is 3.37. The van der Waals surface area contributed by atoms with Gasteiger partial charge in [0.25, 0.3) is 5.91 Å². The fourth-order valence-corrected chi connectivity index (χ4v) is 3.93. The Morgan fingerprint density at radius 2 is 2.00 bits per heavy atom. The lowest BCUT2D eigenvalue weighted by molar-refractivity contribution is -0.118. The molecule has 8 heteroatoms. The number of hydrogen-bond donors (Lipinski definition) is 2. The molecule has 0 saturated heterocycles. The highest BCUT2D eigenvalue weighted by Crippen LogP contribution is 2.24. The number of carbonyl (C=O) groups is 1. The predicted molar refractivity (Wildman–Crippen MR) is 121 cm³/mol. The van der Waals surface area contributed by atoms with E-state index in [0.717, 1.165) is 34.4 Å². The summed E-state index contributed by atoms with van der Waals surface area (Å²) in [4.78, 5) is 15.4. The number of fused-ring (bicyclic) bond motifs is 1. The molecule has 0 atom stereocenters. The molecule has 2 heterocycles. The first-order chi connectivity index (χ1) is 14.7. The highest BCUT2D eigenvalue weighted by Gasteiger charge is 2.14. The molecular formula is C22H22N6OS. The summed E-state index contributed by atoms with van der Waals surface area (Å²) in [7, 11) is 0. The number of benzene rings is 2. The zero-order valence-electron chi connectivity index (χ0n) is 16.8. The van der Waals surface area contributed by atoms with Crippen molar-refractivity contribution in [3.63, 3.8) is 0 Å². The highest BCUT2D eigenvalue weighted by molar-refractivity contribution is 7.99. The van der Waals surface area contributed by atoms with Gasteiger partial charge in [-0.05, 0) is 19.9 Å². The van der Waals surface area contributed by atoms with E-state index in [-0.39, 0.29) is 11.7 Å². The maximum Gasteiger partial charge on any atom is 0.250 e. The fraction of sp³-hybridized carbons (Fsp3) is 0.182. The minimum absolute atomic E-state index is 0.196. The molecular weight excluding hydrogens is 396 g/mol. The third kappa shape index (κ3) is 4.28. The van der Waals surface area contributed by atoms with E-state index >= 15 is 0 Å². The van der Waals surface area contributed by atoms with Crippen LogP contribution >= 0.6 is 11.8 Å². The zero-order valence-corrected chi connectivity index (χ0v) is 17.6. The van der Waals surface area contributed by atoms with Gasteiger partial charge in [0.05, 0.1) is 12.0 Å². The average molecular weight is 419 g/mol. The molecule has 0 radical (unpaired) electrons. The predicted octanol–water partition coefficient (Wildman–Crippen LogP) is 4.00. The summed E-state index contributed by atoms with van der Waals surface area (Å²) < 4.78 is 2.01. The minimum Gasteiger partial charge on any atom is -0.361 e. The van der Waals surface area contributed by atoms with Gasteiger partial charge in [0, 0.05) is 34.8 Å². The Bertz CT molecular complexity index is 1190. The van der Waals surface area contributed by atoms with Crippen molar-refractivity contribution in [2.45, 2.75) is 25.5 Å². The number of nitrogens with zero attached hydrogens (tertiary/aromatic N) is 4. The van der Waals surface area contributed by atoms with E-state index in [0.29, 0.717) is 5.16 Å². The van der Waals surface area contributed by atoms with Crippen molar-refractivity contribution >= 4 is 34.8 Å². The van der Waals surface area contributed by atoms with E-state index in [1.807, 2.05) is 54.1 Å². The van der Waals surface area contributed by atoms with Crippen LogP contribution in [0.15, 0.2) is 65.0 Å². The smallest absolute Gasteiger partial charge is 0.250 e. The first-order valence-electron chi connectivity index (χ1n) is 9.66. The molecule has 0 fully saturated rings. The largest absolute Gasteiger partial charge is 0.361 e. The molecule has 0 spiro atoms. The summed E-state index contributed by atoms with van der Waals surface area (Å²) >= 11 is 1.35. The van der Waals surface area contributed by atoms with Crippen LogP contribution < -0.4 is 5.43 Å². The van der Waals surface area contributed by atoms with Crippen LogP contribution in [0.3, 0.4) is 0 Å². The summed E-state index contributed by atoms with van der Waals surface area (Å²) in [5.74, 6) is 0.813. The van der Waals surface area contributed by atoms with Crippen molar-refractivity contribution in [2.24, 2.45) is 5.10 Å². The number of aryl methyl sites for hydroxylation is 1. The number of thioether (sulfide) groups is 1. The number of nitrogens with one attached hydrogen (secondary N) is 2. The Balaban J connectivity index is 1.37. The molecule has 7 nitrogen and oxygen atoms in total. The van der Waals surface area contributed by atoms with Gasteiger partial charge in [-0.25, -0.2) is 5.43 Å². The number of para-hydroxylation sites is 1. The minimum atomic E-state index is -0.196. The SMILES string of the molecule is CCn1c(SCC(=O)N/N=C/c2c[nH]c3ccccc23)nnc1-c1ccc(C)cc1. The summed E-state index contributed by atoms with van der Waals surface area (Å²) in [5, 5.41) is 14.4. The standard InChI is InChI=1S/C22H22N6OS/c1-3-28-21(16-10-8-15(2)9-11-16)26-27-22(28)30-14-20(29)25-24-13-17-12-23-19-7-5-4-6-18(17)19/h4-13,23H,3,14H2,1-2H3,(H,25,29)/b24-13+. The molecule has 2 aromatic carbocycles. The lowest BCUT2D eigenvalue weighted by atomic mass is 10.1. The van der Waals surface area contributed by atoms with Gasteiger partial charge in [0.15, 0.2) is 11.0 Å². The Hall–Kier alpha value is -3.39. The normalized spacial score (nSPS) is 11.4. The Kier molecular flexibility index (Phi) is 5.94. The van der Waals surface area contributed by atoms with Crippen LogP contribution in [-0.4, -0.2) is 37.6 Å². The molecule has 1 amide bonds. The van der Waals surface area contributed by atoms with Gasteiger partial charge in [-0.2, -0.15) is 5.10 Å². The third-order valence-electron chi connectivity index (χ3n) is 4.69. The van der Waals surface area contributed by atoms with E-state index in [4.69, 9.17) is 0 Å². The number of aromatic nitrogens is 4. The van der Waals surface area contributed by atoms with Gasteiger partial charge in [-0.15, -0.1) is 10.2 Å². The molecule has 4 aromatic rings. The Labute approximate surface area is 178 Å². The molecule has 4 rings (SSSR count). The third-order valence-corrected chi connectivity index (χ3v) is 5.66. The van der Waals surface area contributed by atoms with Crippen LogP contribution in [0.5, 0.6) is 0 Å². The summed E-state index contributed by atoms with van der Waals surface area (Å²) in [6, 6.07) is 16.1. The second-order valence-corrected chi connectivity index (χ2v) is 7.73. The second-order valence-electron chi connectivity index (χ2n) is 6.79. The summed E-state index contributed by atoms with van der Waals surface area (Å²) in [6.07, 6.45) is 3.51. The monoisotopic (exact) mass is 418 g/mol. The molecule has 0 aliphatic rings. The Morgan fingerprint density at radius 1 is 1.20 bits per heavy atom. The van der Waals surface area contributed by atoms with Crippen molar-refractivity contribution in [2.75, 3.05) is 5.75 Å². The van der Waals surface area contributed by atoms with Crippen molar-refractivity contribution in [1.82, 2.24) is 25.2 Å².